The summed E-state index contributed by atoms with van der Waals surface area (Å²) in [7, 11) is 0. The predicted octanol–water partition coefficient (Wildman–Crippen LogP) is 3.23. The first-order chi connectivity index (χ1) is 10.2. The highest BCUT2D eigenvalue weighted by atomic mass is 35.5. The van der Waals surface area contributed by atoms with E-state index in [2.05, 4.69) is 10.3 Å². The van der Waals surface area contributed by atoms with Crippen molar-refractivity contribution in [2.45, 2.75) is 6.42 Å². The Kier molecular flexibility index (Phi) is 4.53. The molecule has 0 saturated carbocycles. The highest BCUT2D eigenvalue weighted by molar-refractivity contribution is 7.13. The topological polar surface area (TPSA) is 51.2 Å². The van der Waals surface area contributed by atoms with Gasteiger partial charge in [-0.2, -0.15) is 0 Å². The number of carbonyl (C=O) groups excluding carboxylic acids is 1. The molecule has 1 aromatic heterocycles. The van der Waals surface area contributed by atoms with Crippen LogP contribution in [0.2, 0.25) is 5.02 Å². The lowest BCUT2D eigenvalue weighted by Crippen LogP contribution is -2.29. The number of hydrogen-bond donors (Lipinski definition) is 1. The number of benzene rings is 1. The standard InChI is InChI=1S/C15H15ClN2O2S/c16-12-3-1-11(2-4-12)15-18-13(9-21-15)14(19)17-7-10-5-6-20-8-10/h1-4,9-10H,5-8H2,(H,17,19). The van der Waals surface area contributed by atoms with Crippen LogP contribution in [0.4, 0.5) is 0 Å². The molecular formula is C15H15ClN2O2S. The SMILES string of the molecule is O=C(NCC1CCOC1)c1csc(-c2ccc(Cl)cc2)n1. The van der Waals surface area contributed by atoms with Gasteiger partial charge in [-0.15, -0.1) is 11.3 Å². The number of nitrogens with one attached hydrogen (secondary N) is 1. The third-order valence-corrected chi connectivity index (χ3v) is 4.55. The van der Waals surface area contributed by atoms with Gasteiger partial charge >= 0.3 is 0 Å². The van der Waals surface area contributed by atoms with Crippen LogP contribution in [0.25, 0.3) is 10.6 Å². The van der Waals surface area contributed by atoms with Gasteiger partial charge in [0.25, 0.3) is 5.91 Å². The number of hydrogen-bond acceptors (Lipinski definition) is 4. The zero-order valence-corrected chi connectivity index (χ0v) is 12.9. The Labute approximate surface area is 132 Å². The summed E-state index contributed by atoms with van der Waals surface area (Å²) in [5.41, 5.74) is 1.43. The van der Waals surface area contributed by atoms with Crippen molar-refractivity contribution in [2.24, 2.45) is 5.92 Å². The summed E-state index contributed by atoms with van der Waals surface area (Å²) in [6.45, 7) is 2.16. The van der Waals surface area contributed by atoms with Crippen molar-refractivity contribution in [1.29, 1.82) is 0 Å². The molecule has 0 spiro atoms. The van der Waals surface area contributed by atoms with Crippen molar-refractivity contribution < 1.29 is 9.53 Å². The van der Waals surface area contributed by atoms with Crippen molar-refractivity contribution in [2.75, 3.05) is 19.8 Å². The van der Waals surface area contributed by atoms with Crippen molar-refractivity contribution >= 4 is 28.8 Å². The Morgan fingerprint density at radius 1 is 1.43 bits per heavy atom. The van der Waals surface area contributed by atoms with E-state index in [1.807, 2.05) is 24.3 Å². The summed E-state index contributed by atoms with van der Waals surface area (Å²) in [6.07, 6.45) is 1.01. The van der Waals surface area contributed by atoms with Crippen LogP contribution >= 0.6 is 22.9 Å². The molecular weight excluding hydrogens is 308 g/mol. The zero-order valence-electron chi connectivity index (χ0n) is 11.3. The largest absolute Gasteiger partial charge is 0.381 e. The molecule has 1 fully saturated rings. The van der Waals surface area contributed by atoms with Gasteiger partial charge in [-0.05, 0) is 18.6 Å². The van der Waals surface area contributed by atoms with Gasteiger partial charge in [0.15, 0.2) is 0 Å². The molecule has 1 saturated heterocycles. The second-order valence-electron chi connectivity index (χ2n) is 4.98. The number of rotatable bonds is 4. The minimum Gasteiger partial charge on any atom is -0.381 e. The van der Waals surface area contributed by atoms with E-state index in [0.717, 1.165) is 30.2 Å². The summed E-state index contributed by atoms with van der Waals surface area (Å²) < 4.78 is 5.29. The molecule has 6 heteroatoms. The summed E-state index contributed by atoms with van der Waals surface area (Å²) >= 11 is 7.32. The summed E-state index contributed by atoms with van der Waals surface area (Å²) in [5, 5.41) is 6.21. The summed E-state index contributed by atoms with van der Waals surface area (Å²) in [5.74, 6) is 0.293. The van der Waals surface area contributed by atoms with E-state index in [4.69, 9.17) is 16.3 Å². The lowest BCUT2D eigenvalue weighted by atomic mass is 10.1. The van der Waals surface area contributed by atoms with Gasteiger partial charge in [0, 0.05) is 35.0 Å². The van der Waals surface area contributed by atoms with Crippen LogP contribution in [0, 0.1) is 5.92 Å². The Balaban J connectivity index is 1.63. The van der Waals surface area contributed by atoms with Crippen LogP contribution in [0.1, 0.15) is 16.9 Å². The van der Waals surface area contributed by atoms with Crippen LogP contribution in [-0.4, -0.2) is 30.6 Å². The second kappa shape index (κ2) is 6.56. The number of halogens is 1. The third-order valence-electron chi connectivity index (χ3n) is 3.40. The van der Waals surface area contributed by atoms with Gasteiger partial charge in [-0.3, -0.25) is 4.79 Å². The maximum Gasteiger partial charge on any atom is 0.270 e. The molecule has 1 unspecified atom stereocenters. The van der Waals surface area contributed by atoms with Crippen LogP contribution in [0.15, 0.2) is 29.6 Å². The van der Waals surface area contributed by atoms with Gasteiger partial charge in [-0.25, -0.2) is 4.98 Å². The number of nitrogens with zero attached hydrogens (tertiary/aromatic N) is 1. The maximum atomic E-state index is 12.1. The maximum absolute atomic E-state index is 12.1. The monoisotopic (exact) mass is 322 g/mol. The first-order valence-corrected chi connectivity index (χ1v) is 8.05. The van der Waals surface area contributed by atoms with E-state index in [-0.39, 0.29) is 5.91 Å². The van der Waals surface area contributed by atoms with Crippen molar-refractivity contribution in [3.8, 4) is 10.6 Å². The van der Waals surface area contributed by atoms with Crippen molar-refractivity contribution in [1.82, 2.24) is 10.3 Å². The fraction of sp³-hybridized carbons (Fsp3) is 0.333. The van der Waals surface area contributed by atoms with E-state index < -0.39 is 0 Å². The first kappa shape index (κ1) is 14.5. The molecule has 4 nitrogen and oxygen atoms in total. The average molecular weight is 323 g/mol. The summed E-state index contributed by atoms with van der Waals surface area (Å²) in [6, 6.07) is 7.44. The molecule has 1 aliphatic rings. The van der Waals surface area contributed by atoms with Crippen LogP contribution in [-0.2, 0) is 4.74 Å². The van der Waals surface area contributed by atoms with E-state index in [1.54, 1.807) is 5.38 Å². The molecule has 1 aromatic carbocycles. The fourth-order valence-electron chi connectivity index (χ4n) is 2.17. The summed E-state index contributed by atoms with van der Waals surface area (Å²) in [4.78, 5) is 16.5. The van der Waals surface area contributed by atoms with Gasteiger partial charge in [0.2, 0.25) is 0 Å². The molecule has 2 aromatic rings. The molecule has 0 bridgehead atoms. The Bertz CT molecular complexity index is 621. The normalized spacial score (nSPS) is 17.9. The molecule has 0 radical (unpaired) electrons. The fourth-order valence-corrected chi connectivity index (χ4v) is 3.11. The van der Waals surface area contributed by atoms with Crippen LogP contribution in [0.5, 0.6) is 0 Å². The first-order valence-electron chi connectivity index (χ1n) is 6.80. The quantitative estimate of drug-likeness (QED) is 0.940. The second-order valence-corrected chi connectivity index (χ2v) is 6.28. The predicted molar refractivity (Wildman–Crippen MR) is 83.8 cm³/mol. The van der Waals surface area contributed by atoms with Crippen LogP contribution < -0.4 is 5.32 Å². The lowest BCUT2D eigenvalue weighted by molar-refractivity contribution is 0.0941. The highest BCUT2D eigenvalue weighted by Gasteiger charge is 2.18. The molecule has 1 N–H and O–H groups in total. The number of aromatic nitrogens is 1. The molecule has 110 valence electrons. The number of thiazole rings is 1. The van der Waals surface area contributed by atoms with Gasteiger partial charge in [-0.1, -0.05) is 23.7 Å². The molecule has 2 heterocycles. The minimum absolute atomic E-state index is 0.127. The minimum atomic E-state index is -0.127. The highest BCUT2D eigenvalue weighted by Crippen LogP contribution is 2.25. The molecule has 21 heavy (non-hydrogen) atoms. The number of amides is 1. The molecule has 1 aliphatic heterocycles. The lowest BCUT2D eigenvalue weighted by Gasteiger charge is -2.07. The molecule has 3 rings (SSSR count). The van der Waals surface area contributed by atoms with Crippen molar-refractivity contribution in [3.05, 3.63) is 40.4 Å². The molecule has 1 amide bonds. The van der Waals surface area contributed by atoms with Crippen LogP contribution in [0.3, 0.4) is 0 Å². The Hall–Kier alpha value is -1.43. The Morgan fingerprint density at radius 2 is 2.24 bits per heavy atom. The van der Waals surface area contributed by atoms with E-state index in [0.29, 0.717) is 23.2 Å². The van der Waals surface area contributed by atoms with E-state index in [1.165, 1.54) is 11.3 Å². The van der Waals surface area contributed by atoms with E-state index in [9.17, 15) is 4.79 Å². The van der Waals surface area contributed by atoms with Gasteiger partial charge in [0.1, 0.15) is 10.7 Å². The molecule has 0 aliphatic carbocycles. The smallest absolute Gasteiger partial charge is 0.270 e. The number of ether oxygens (including phenoxy) is 1. The van der Waals surface area contributed by atoms with Crippen molar-refractivity contribution in [3.63, 3.8) is 0 Å². The van der Waals surface area contributed by atoms with Gasteiger partial charge in [0.05, 0.1) is 6.61 Å². The third kappa shape index (κ3) is 3.61. The van der Waals surface area contributed by atoms with E-state index >= 15 is 0 Å². The number of carbonyl (C=O) groups is 1. The zero-order chi connectivity index (χ0) is 14.7. The van der Waals surface area contributed by atoms with Gasteiger partial charge < -0.3 is 10.1 Å². The molecule has 1 atom stereocenters. The average Bonchev–Trinajstić information content (AvgIpc) is 3.17. The Morgan fingerprint density at radius 3 is 2.95 bits per heavy atom.